The van der Waals surface area contributed by atoms with E-state index in [1.807, 2.05) is 27.7 Å². The lowest BCUT2D eigenvalue weighted by atomic mass is 9.74. The van der Waals surface area contributed by atoms with Crippen LogP contribution in [0.25, 0.3) is 0 Å². The summed E-state index contributed by atoms with van der Waals surface area (Å²) in [5.74, 6) is 0.412. The molecule has 5 nitrogen and oxygen atoms in total. The summed E-state index contributed by atoms with van der Waals surface area (Å²) >= 11 is 0. The molecule has 0 bridgehead atoms. The maximum Gasteiger partial charge on any atom is 0.225 e. The molecule has 1 saturated heterocycles. The molecule has 1 heterocycles. The highest BCUT2D eigenvalue weighted by Crippen LogP contribution is 2.31. The van der Waals surface area contributed by atoms with Gasteiger partial charge in [0.25, 0.3) is 0 Å². The van der Waals surface area contributed by atoms with Crippen molar-refractivity contribution in [2.75, 3.05) is 19.6 Å². The first-order valence-electron chi connectivity index (χ1n) is 8.16. The second-order valence-electron chi connectivity index (χ2n) is 6.65. The van der Waals surface area contributed by atoms with Crippen LogP contribution in [-0.2, 0) is 9.59 Å². The molecule has 1 aliphatic rings. The van der Waals surface area contributed by atoms with Gasteiger partial charge in [0, 0.05) is 24.4 Å². The number of hydrogen-bond acceptors (Lipinski definition) is 3. The number of amides is 2. The highest BCUT2D eigenvalue weighted by atomic mass is 16.2. The molecule has 0 aromatic heterocycles. The molecule has 1 fully saturated rings. The molecule has 1 rings (SSSR count). The maximum absolute atomic E-state index is 12.4. The molecule has 5 heteroatoms. The fraction of sp³-hybridized carbons (Fsp3) is 0.875. The molecule has 0 spiro atoms. The van der Waals surface area contributed by atoms with Gasteiger partial charge in [-0.15, -0.1) is 0 Å². The Balaban J connectivity index is 2.33. The molecule has 2 unspecified atom stereocenters. The van der Waals surface area contributed by atoms with Crippen LogP contribution < -0.4 is 16.0 Å². The number of carbonyl (C=O) groups excluding carboxylic acids is 2. The zero-order valence-electron chi connectivity index (χ0n) is 13.9. The lowest BCUT2D eigenvalue weighted by molar-refractivity contribution is -0.132. The molecule has 0 aliphatic carbocycles. The number of nitrogens with one attached hydrogen (secondary N) is 3. The van der Waals surface area contributed by atoms with Crippen LogP contribution in [0.5, 0.6) is 0 Å². The highest BCUT2D eigenvalue weighted by Gasteiger charge is 2.36. The standard InChI is InChI=1S/C16H31N3O2/c1-5-12(2)19-14(20)8-10-18-15(21)16(3,4)13-7-6-9-17-11-13/h12-13,17H,5-11H2,1-4H3,(H,18,21)(H,19,20). The third kappa shape index (κ3) is 5.65. The van der Waals surface area contributed by atoms with Crippen molar-refractivity contribution in [1.29, 1.82) is 0 Å². The van der Waals surface area contributed by atoms with Crippen molar-refractivity contribution in [3.05, 3.63) is 0 Å². The molecular formula is C16H31N3O2. The van der Waals surface area contributed by atoms with Gasteiger partial charge in [-0.2, -0.15) is 0 Å². The van der Waals surface area contributed by atoms with Crippen LogP contribution in [0.1, 0.15) is 53.4 Å². The van der Waals surface area contributed by atoms with Gasteiger partial charge in [0.05, 0.1) is 0 Å². The average Bonchev–Trinajstić information content (AvgIpc) is 2.47. The summed E-state index contributed by atoms with van der Waals surface area (Å²) in [6.45, 7) is 10.4. The fourth-order valence-electron chi connectivity index (χ4n) is 2.62. The van der Waals surface area contributed by atoms with Crippen molar-refractivity contribution in [3.8, 4) is 0 Å². The van der Waals surface area contributed by atoms with Gasteiger partial charge in [-0.3, -0.25) is 9.59 Å². The normalized spacial score (nSPS) is 20.7. The van der Waals surface area contributed by atoms with Crippen molar-refractivity contribution < 1.29 is 9.59 Å². The van der Waals surface area contributed by atoms with Gasteiger partial charge < -0.3 is 16.0 Å². The predicted molar refractivity (Wildman–Crippen MR) is 84.9 cm³/mol. The fourth-order valence-corrected chi connectivity index (χ4v) is 2.62. The number of hydrogen-bond donors (Lipinski definition) is 3. The minimum Gasteiger partial charge on any atom is -0.355 e. The van der Waals surface area contributed by atoms with Gasteiger partial charge in [-0.25, -0.2) is 0 Å². The molecule has 2 amide bonds. The van der Waals surface area contributed by atoms with Crippen molar-refractivity contribution in [2.24, 2.45) is 11.3 Å². The molecule has 0 saturated carbocycles. The molecule has 21 heavy (non-hydrogen) atoms. The van der Waals surface area contributed by atoms with E-state index >= 15 is 0 Å². The second kappa shape index (κ2) is 8.37. The predicted octanol–water partition coefficient (Wildman–Crippen LogP) is 1.43. The van der Waals surface area contributed by atoms with E-state index < -0.39 is 0 Å². The minimum absolute atomic E-state index is 0.00166. The summed E-state index contributed by atoms with van der Waals surface area (Å²) in [6, 6.07) is 0.193. The van der Waals surface area contributed by atoms with E-state index in [9.17, 15) is 9.59 Å². The van der Waals surface area contributed by atoms with Crippen LogP contribution in [0.15, 0.2) is 0 Å². The Bertz CT molecular complexity index is 349. The summed E-state index contributed by atoms with van der Waals surface area (Å²) in [6.07, 6.45) is 3.47. The number of rotatable bonds is 7. The van der Waals surface area contributed by atoms with Gasteiger partial charge in [-0.05, 0) is 45.2 Å². The Morgan fingerprint density at radius 3 is 2.67 bits per heavy atom. The van der Waals surface area contributed by atoms with E-state index in [4.69, 9.17) is 0 Å². The van der Waals surface area contributed by atoms with Gasteiger partial charge in [-0.1, -0.05) is 20.8 Å². The first-order chi connectivity index (χ1) is 9.87. The first kappa shape index (κ1) is 18.0. The second-order valence-corrected chi connectivity index (χ2v) is 6.65. The summed E-state index contributed by atoms with van der Waals surface area (Å²) in [5.41, 5.74) is -0.388. The Hall–Kier alpha value is -1.10. The lowest BCUT2D eigenvalue weighted by Gasteiger charge is -2.36. The van der Waals surface area contributed by atoms with E-state index in [0.717, 1.165) is 32.4 Å². The Morgan fingerprint density at radius 2 is 2.10 bits per heavy atom. The van der Waals surface area contributed by atoms with Gasteiger partial charge >= 0.3 is 0 Å². The SMILES string of the molecule is CCC(C)NC(=O)CCNC(=O)C(C)(C)C1CCCNC1. The van der Waals surface area contributed by atoms with Crippen molar-refractivity contribution in [3.63, 3.8) is 0 Å². The summed E-state index contributed by atoms with van der Waals surface area (Å²) in [4.78, 5) is 24.0. The molecule has 0 aromatic rings. The molecule has 0 radical (unpaired) electrons. The van der Waals surface area contributed by atoms with E-state index in [1.165, 1.54) is 0 Å². The number of piperidine rings is 1. The molecule has 1 aliphatic heterocycles. The summed E-state index contributed by atoms with van der Waals surface area (Å²) in [7, 11) is 0. The van der Waals surface area contributed by atoms with Crippen LogP contribution in [0.3, 0.4) is 0 Å². The van der Waals surface area contributed by atoms with Crippen molar-refractivity contribution in [1.82, 2.24) is 16.0 Å². The monoisotopic (exact) mass is 297 g/mol. The molecule has 122 valence electrons. The topological polar surface area (TPSA) is 70.2 Å². The van der Waals surface area contributed by atoms with Crippen LogP contribution in [0.4, 0.5) is 0 Å². The average molecular weight is 297 g/mol. The molecular weight excluding hydrogens is 266 g/mol. The van der Waals surface area contributed by atoms with Gasteiger partial charge in [0.15, 0.2) is 0 Å². The van der Waals surface area contributed by atoms with E-state index in [1.54, 1.807) is 0 Å². The smallest absolute Gasteiger partial charge is 0.225 e. The zero-order valence-corrected chi connectivity index (χ0v) is 13.9. The Kier molecular flexibility index (Phi) is 7.15. The lowest BCUT2D eigenvalue weighted by Crippen LogP contribution is -2.48. The zero-order chi connectivity index (χ0) is 15.9. The molecule has 3 N–H and O–H groups in total. The quantitative estimate of drug-likeness (QED) is 0.666. The largest absolute Gasteiger partial charge is 0.355 e. The van der Waals surface area contributed by atoms with Crippen LogP contribution in [0, 0.1) is 11.3 Å². The van der Waals surface area contributed by atoms with Crippen LogP contribution in [0.2, 0.25) is 0 Å². The molecule has 2 atom stereocenters. The van der Waals surface area contributed by atoms with Crippen molar-refractivity contribution >= 4 is 11.8 Å². The van der Waals surface area contributed by atoms with Crippen LogP contribution in [-0.4, -0.2) is 37.5 Å². The van der Waals surface area contributed by atoms with Gasteiger partial charge in [0.2, 0.25) is 11.8 Å². The maximum atomic E-state index is 12.4. The Morgan fingerprint density at radius 1 is 1.38 bits per heavy atom. The van der Waals surface area contributed by atoms with Gasteiger partial charge in [0.1, 0.15) is 0 Å². The third-order valence-corrected chi connectivity index (χ3v) is 4.56. The highest BCUT2D eigenvalue weighted by molar-refractivity contribution is 5.83. The first-order valence-corrected chi connectivity index (χ1v) is 8.16. The van der Waals surface area contributed by atoms with E-state index in [-0.39, 0.29) is 23.3 Å². The Labute approximate surface area is 128 Å². The summed E-state index contributed by atoms with van der Waals surface area (Å²) in [5, 5.41) is 9.17. The van der Waals surface area contributed by atoms with Crippen molar-refractivity contribution in [2.45, 2.75) is 59.4 Å². The van der Waals surface area contributed by atoms with E-state index in [2.05, 4.69) is 16.0 Å². The third-order valence-electron chi connectivity index (χ3n) is 4.56. The number of carbonyl (C=O) groups is 2. The van der Waals surface area contributed by atoms with E-state index in [0.29, 0.717) is 18.9 Å². The summed E-state index contributed by atoms with van der Waals surface area (Å²) < 4.78 is 0. The minimum atomic E-state index is -0.388. The molecule has 0 aromatic carbocycles. The van der Waals surface area contributed by atoms with Crippen LogP contribution >= 0.6 is 0 Å².